The molecule has 27 heavy (non-hydrogen) atoms. The van der Waals surface area contributed by atoms with Crippen molar-refractivity contribution in [2.75, 3.05) is 5.32 Å². The molecule has 0 saturated heterocycles. The van der Waals surface area contributed by atoms with E-state index in [1.165, 1.54) is 11.3 Å². The maximum Gasteiger partial charge on any atom is 0.248 e. The van der Waals surface area contributed by atoms with Crippen LogP contribution in [0.4, 0.5) is 13.9 Å². The van der Waals surface area contributed by atoms with Gasteiger partial charge < -0.3 is 5.32 Å². The molecule has 1 aromatic heterocycles. The minimum Gasteiger partial charge on any atom is -0.344 e. The van der Waals surface area contributed by atoms with Crippen molar-refractivity contribution in [1.29, 1.82) is 0 Å². The van der Waals surface area contributed by atoms with E-state index in [0.717, 1.165) is 29.6 Å². The number of rotatable bonds is 8. The van der Waals surface area contributed by atoms with Crippen molar-refractivity contribution in [3.63, 3.8) is 0 Å². The third-order valence-electron chi connectivity index (χ3n) is 3.63. The summed E-state index contributed by atoms with van der Waals surface area (Å²) in [5.41, 5.74) is 0.197. The van der Waals surface area contributed by atoms with Crippen molar-refractivity contribution in [3.8, 4) is 0 Å². The molecule has 1 atom stereocenters. The summed E-state index contributed by atoms with van der Waals surface area (Å²) in [6.45, 7) is 5.87. The highest BCUT2D eigenvalue weighted by molar-refractivity contribution is 7.15. The molecule has 0 aliphatic heterocycles. The van der Waals surface area contributed by atoms with Gasteiger partial charge in [0.1, 0.15) is 22.7 Å². The summed E-state index contributed by atoms with van der Waals surface area (Å²) in [5, 5.41) is 14.4. The van der Waals surface area contributed by atoms with Crippen LogP contribution in [0, 0.1) is 17.6 Å². The molecule has 0 bridgehead atoms. The molecule has 2 rings (SSSR count). The van der Waals surface area contributed by atoms with Gasteiger partial charge in [0, 0.05) is 12.5 Å². The van der Waals surface area contributed by atoms with Gasteiger partial charge in [-0.2, -0.15) is 0 Å². The maximum absolute atomic E-state index is 13.2. The van der Waals surface area contributed by atoms with Gasteiger partial charge >= 0.3 is 0 Å². The van der Waals surface area contributed by atoms with E-state index < -0.39 is 29.5 Å². The molecule has 0 aliphatic rings. The fourth-order valence-electron chi connectivity index (χ4n) is 2.43. The Kier molecular flexibility index (Phi) is 7.35. The van der Waals surface area contributed by atoms with Gasteiger partial charge in [0.05, 0.1) is 6.42 Å². The van der Waals surface area contributed by atoms with Crippen molar-refractivity contribution in [2.45, 2.75) is 46.1 Å². The van der Waals surface area contributed by atoms with E-state index in [2.05, 4.69) is 34.7 Å². The van der Waals surface area contributed by atoms with Crippen molar-refractivity contribution in [3.05, 3.63) is 40.4 Å². The number of hydrogen-bond donors (Lipinski definition) is 2. The van der Waals surface area contributed by atoms with Gasteiger partial charge in [-0.05, 0) is 30.0 Å². The predicted molar refractivity (Wildman–Crippen MR) is 99.4 cm³/mol. The van der Waals surface area contributed by atoms with Crippen LogP contribution in [-0.4, -0.2) is 28.1 Å². The fraction of sp³-hybridized carbons (Fsp3) is 0.444. The van der Waals surface area contributed by atoms with E-state index in [9.17, 15) is 18.4 Å². The fourth-order valence-corrected chi connectivity index (χ4v) is 3.38. The van der Waals surface area contributed by atoms with Gasteiger partial charge in [0.15, 0.2) is 0 Å². The van der Waals surface area contributed by atoms with Crippen molar-refractivity contribution >= 4 is 28.3 Å². The number of carbonyl (C=O) groups is 2. The molecule has 146 valence electrons. The zero-order valence-electron chi connectivity index (χ0n) is 15.4. The van der Waals surface area contributed by atoms with Crippen LogP contribution in [0.15, 0.2) is 18.2 Å². The third-order valence-corrected chi connectivity index (χ3v) is 4.49. The largest absolute Gasteiger partial charge is 0.344 e. The zero-order chi connectivity index (χ0) is 20.0. The Balaban J connectivity index is 1.93. The summed E-state index contributed by atoms with van der Waals surface area (Å²) in [4.78, 5) is 24.5. The molecule has 2 N–H and O–H groups in total. The van der Waals surface area contributed by atoms with Crippen LogP contribution in [0.3, 0.4) is 0 Å². The topological polar surface area (TPSA) is 84.0 Å². The third kappa shape index (κ3) is 6.67. The smallest absolute Gasteiger partial charge is 0.248 e. The number of halogens is 2. The SMILES string of the molecule is CCC(NC(=O)Cc1cc(F)cc(F)c1)C(=O)Nc1nnc(CC(C)C)s1. The van der Waals surface area contributed by atoms with Crippen LogP contribution in [0.5, 0.6) is 0 Å². The van der Waals surface area contributed by atoms with Gasteiger partial charge in [-0.25, -0.2) is 8.78 Å². The lowest BCUT2D eigenvalue weighted by molar-refractivity contribution is -0.126. The first kappa shape index (κ1) is 20.9. The second-order valence-electron chi connectivity index (χ2n) is 6.57. The molecule has 9 heteroatoms. The van der Waals surface area contributed by atoms with Gasteiger partial charge in [-0.15, -0.1) is 10.2 Å². The average Bonchev–Trinajstić information content (AvgIpc) is 2.97. The summed E-state index contributed by atoms with van der Waals surface area (Å²) < 4.78 is 26.4. The molecular weight excluding hydrogens is 374 g/mol. The molecule has 2 aromatic rings. The second kappa shape index (κ2) is 9.50. The quantitative estimate of drug-likeness (QED) is 0.718. The monoisotopic (exact) mass is 396 g/mol. The minimum absolute atomic E-state index is 0.197. The Morgan fingerprint density at radius 2 is 1.81 bits per heavy atom. The van der Waals surface area contributed by atoms with Crippen LogP contribution in [-0.2, 0) is 22.4 Å². The molecular formula is C18H22F2N4O2S. The summed E-state index contributed by atoms with van der Waals surface area (Å²) in [5.74, 6) is -1.99. The Bertz CT molecular complexity index is 790. The zero-order valence-corrected chi connectivity index (χ0v) is 16.2. The van der Waals surface area contributed by atoms with Crippen LogP contribution < -0.4 is 10.6 Å². The molecule has 0 fully saturated rings. The molecule has 2 amide bonds. The van der Waals surface area contributed by atoms with Crippen LogP contribution in [0.1, 0.15) is 37.8 Å². The number of carbonyl (C=O) groups excluding carboxylic acids is 2. The van der Waals surface area contributed by atoms with Gasteiger partial charge in [-0.1, -0.05) is 32.1 Å². The number of nitrogens with zero attached hydrogens (tertiary/aromatic N) is 2. The molecule has 6 nitrogen and oxygen atoms in total. The van der Waals surface area contributed by atoms with E-state index in [1.807, 2.05) is 0 Å². The predicted octanol–water partition coefficient (Wildman–Crippen LogP) is 3.09. The number of amides is 2. The highest BCUT2D eigenvalue weighted by Crippen LogP contribution is 2.18. The standard InChI is InChI=1S/C18H22F2N4O2S/c1-4-14(17(26)22-18-24-23-16(27-18)5-10(2)3)21-15(25)8-11-6-12(19)9-13(20)7-11/h6-7,9-10,14H,4-5,8H2,1-3H3,(H,21,25)(H,22,24,26). The molecule has 0 radical (unpaired) electrons. The van der Waals surface area contributed by atoms with E-state index in [4.69, 9.17) is 0 Å². The normalized spacial score (nSPS) is 12.1. The highest BCUT2D eigenvalue weighted by atomic mass is 32.1. The summed E-state index contributed by atoms with van der Waals surface area (Å²) in [6, 6.07) is 2.12. The van der Waals surface area contributed by atoms with Gasteiger partial charge in [-0.3, -0.25) is 14.9 Å². The van der Waals surface area contributed by atoms with Crippen LogP contribution in [0.25, 0.3) is 0 Å². The van der Waals surface area contributed by atoms with E-state index in [0.29, 0.717) is 17.5 Å². The van der Waals surface area contributed by atoms with Crippen molar-refractivity contribution in [2.24, 2.45) is 5.92 Å². The molecule has 1 unspecified atom stereocenters. The van der Waals surface area contributed by atoms with Crippen LogP contribution >= 0.6 is 11.3 Å². The maximum atomic E-state index is 13.2. The Morgan fingerprint density at radius 3 is 2.41 bits per heavy atom. The summed E-state index contributed by atoms with van der Waals surface area (Å²) >= 11 is 1.29. The van der Waals surface area contributed by atoms with Crippen molar-refractivity contribution in [1.82, 2.24) is 15.5 Å². The lowest BCUT2D eigenvalue weighted by Crippen LogP contribution is -2.44. The number of hydrogen-bond acceptors (Lipinski definition) is 5. The Labute approximate surface area is 160 Å². The first-order valence-electron chi connectivity index (χ1n) is 8.64. The average molecular weight is 396 g/mol. The Morgan fingerprint density at radius 1 is 1.15 bits per heavy atom. The van der Waals surface area contributed by atoms with Crippen LogP contribution in [0.2, 0.25) is 0 Å². The summed E-state index contributed by atoms with van der Waals surface area (Å²) in [6.07, 6.45) is 0.897. The van der Waals surface area contributed by atoms with E-state index >= 15 is 0 Å². The van der Waals surface area contributed by atoms with Gasteiger partial charge in [0.25, 0.3) is 0 Å². The second-order valence-corrected chi connectivity index (χ2v) is 7.63. The van der Waals surface area contributed by atoms with Gasteiger partial charge in [0.2, 0.25) is 16.9 Å². The lowest BCUT2D eigenvalue weighted by atomic mass is 10.1. The lowest BCUT2D eigenvalue weighted by Gasteiger charge is -2.15. The van der Waals surface area contributed by atoms with E-state index in [-0.39, 0.29) is 12.0 Å². The first-order valence-corrected chi connectivity index (χ1v) is 9.46. The highest BCUT2D eigenvalue weighted by Gasteiger charge is 2.21. The van der Waals surface area contributed by atoms with Crippen molar-refractivity contribution < 1.29 is 18.4 Å². The minimum atomic E-state index is -0.784. The summed E-state index contributed by atoms with van der Waals surface area (Å²) in [7, 11) is 0. The molecule has 0 saturated carbocycles. The van der Waals surface area contributed by atoms with E-state index in [1.54, 1.807) is 6.92 Å². The first-order chi connectivity index (χ1) is 12.8. The molecule has 1 aromatic carbocycles. The molecule has 0 aliphatic carbocycles. The molecule has 1 heterocycles. The number of benzene rings is 1. The number of aromatic nitrogens is 2. The molecule has 0 spiro atoms. The number of nitrogens with one attached hydrogen (secondary N) is 2. The Hall–Kier alpha value is -2.42. The number of anilines is 1.